The lowest BCUT2D eigenvalue weighted by Gasteiger charge is -2.24. The number of aliphatic hydroxyl groups is 1. The van der Waals surface area contributed by atoms with Gasteiger partial charge in [-0.15, -0.1) is 6.58 Å². The Morgan fingerprint density at radius 3 is 2.93 bits per heavy atom. The minimum atomic E-state index is -0.255. The van der Waals surface area contributed by atoms with E-state index >= 15 is 0 Å². The van der Waals surface area contributed by atoms with Gasteiger partial charge in [-0.25, -0.2) is 0 Å². The van der Waals surface area contributed by atoms with Gasteiger partial charge in [0.15, 0.2) is 0 Å². The lowest BCUT2D eigenvalue weighted by Crippen LogP contribution is -2.16. The van der Waals surface area contributed by atoms with Crippen molar-refractivity contribution in [2.24, 2.45) is 5.92 Å². The van der Waals surface area contributed by atoms with Gasteiger partial charge in [0.05, 0.1) is 6.10 Å². The number of aliphatic hydroxyl groups excluding tert-OH is 1. The summed E-state index contributed by atoms with van der Waals surface area (Å²) in [5, 5.41) is 9.89. The summed E-state index contributed by atoms with van der Waals surface area (Å²) in [5.74, 6) is 0.625. The van der Waals surface area contributed by atoms with Crippen LogP contribution < -0.4 is 0 Å². The molecular formula is C14H22O. The number of allylic oxidation sites excluding steroid dienone is 3. The van der Waals surface area contributed by atoms with Crippen molar-refractivity contribution in [3.8, 4) is 0 Å². The second-order valence-corrected chi connectivity index (χ2v) is 4.48. The van der Waals surface area contributed by atoms with E-state index in [4.69, 9.17) is 0 Å². The predicted octanol–water partition coefficient (Wildman–Crippen LogP) is 3.62. The fraction of sp³-hybridized carbons (Fsp3) is 0.571. The second-order valence-electron chi connectivity index (χ2n) is 4.48. The zero-order chi connectivity index (χ0) is 11.3. The highest BCUT2D eigenvalue weighted by Gasteiger charge is 2.18. The minimum absolute atomic E-state index is 0.255. The quantitative estimate of drug-likeness (QED) is 0.681. The molecular weight excluding hydrogens is 184 g/mol. The first-order chi connectivity index (χ1) is 7.15. The Hall–Kier alpha value is -0.820. The first-order valence-electron chi connectivity index (χ1n) is 5.78. The van der Waals surface area contributed by atoms with Gasteiger partial charge in [-0.05, 0) is 50.5 Å². The molecule has 84 valence electrons. The van der Waals surface area contributed by atoms with Crippen LogP contribution in [0.4, 0.5) is 0 Å². The molecule has 0 aliphatic heterocycles. The van der Waals surface area contributed by atoms with Crippen molar-refractivity contribution in [2.75, 3.05) is 0 Å². The zero-order valence-electron chi connectivity index (χ0n) is 9.71. The molecule has 1 aliphatic carbocycles. The third-order valence-corrected chi connectivity index (χ3v) is 3.22. The highest BCUT2D eigenvalue weighted by molar-refractivity contribution is 5.15. The van der Waals surface area contributed by atoms with E-state index in [2.05, 4.69) is 26.2 Å². The Bertz CT molecular complexity index is 263. The molecule has 15 heavy (non-hydrogen) atoms. The lowest BCUT2D eigenvalue weighted by molar-refractivity contribution is 0.193. The maximum absolute atomic E-state index is 9.89. The van der Waals surface area contributed by atoms with Gasteiger partial charge >= 0.3 is 0 Å². The van der Waals surface area contributed by atoms with Crippen LogP contribution in [0.3, 0.4) is 0 Å². The van der Waals surface area contributed by atoms with Crippen LogP contribution in [-0.2, 0) is 0 Å². The fourth-order valence-electron chi connectivity index (χ4n) is 2.07. The summed E-state index contributed by atoms with van der Waals surface area (Å²) >= 11 is 0. The fourth-order valence-corrected chi connectivity index (χ4v) is 2.07. The normalized spacial score (nSPS) is 23.1. The van der Waals surface area contributed by atoms with E-state index in [9.17, 15) is 5.11 Å². The second kappa shape index (κ2) is 5.92. The first-order valence-corrected chi connectivity index (χ1v) is 5.78. The Labute approximate surface area is 93.2 Å². The van der Waals surface area contributed by atoms with Crippen molar-refractivity contribution in [2.45, 2.75) is 45.1 Å². The third kappa shape index (κ3) is 3.67. The van der Waals surface area contributed by atoms with Gasteiger partial charge < -0.3 is 5.11 Å². The van der Waals surface area contributed by atoms with Crippen LogP contribution in [0.1, 0.15) is 39.0 Å². The number of hydrogen-bond acceptors (Lipinski definition) is 1. The summed E-state index contributed by atoms with van der Waals surface area (Å²) < 4.78 is 0. The molecule has 1 N–H and O–H groups in total. The number of hydrogen-bond donors (Lipinski definition) is 1. The first kappa shape index (κ1) is 12.3. The van der Waals surface area contributed by atoms with Gasteiger partial charge in [-0.2, -0.15) is 0 Å². The Morgan fingerprint density at radius 1 is 1.73 bits per heavy atom. The van der Waals surface area contributed by atoms with Crippen LogP contribution in [0.5, 0.6) is 0 Å². The Kier molecular flexibility index (Phi) is 4.83. The van der Waals surface area contributed by atoms with Gasteiger partial charge in [0, 0.05) is 0 Å². The van der Waals surface area contributed by atoms with E-state index in [1.54, 1.807) is 0 Å². The van der Waals surface area contributed by atoms with E-state index in [0.717, 1.165) is 32.1 Å². The van der Waals surface area contributed by atoms with Gasteiger partial charge in [-0.3, -0.25) is 0 Å². The summed E-state index contributed by atoms with van der Waals surface area (Å²) in [6.07, 6.45) is 8.74. The van der Waals surface area contributed by atoms with Crippen molar-refractivity contribution in [3.05, 3.63) is 36.5 Å². The molecule has 1 nitrogen and oxygen atoms in total. The SMILES string of the molecule is C=CCCC(O)C1=CCC(C(=C)C)CC1. The predicted molar refractivity (Wildman–Crippen MR) is 65.7 cm³/mol. The highest BCUT2D eigenvalue weighted by atomic mass is 16.3. The third-order valence-electron chi connectivity index (χ3n) is 3.22. The summed E-state index contributed by atoms with van der Waals surface area (Å²) in [4.78, 5) is 0. The van der Waals surface area contributed by atoms with Crippen molar-refractivity contribution in [1.29, 1.82) is 0 Å². The highest BCUT2D eigenvalue weighted by Crippen LogP contribution is 2.30. The molecule has 1 rings (SSSR count). The molecule has 0 aromatic carbocycles. The molecule has 2 unspecified atom stereocenters. The molecule has 0 spiro atoms. The van der Waals surface area contributed by atoms with E-state index < -0.39 is 0 Å². The van der Waals surface area contributed by atoms with Gasteiger partial charge in [-0.1, -0.05) is 24.3 Å². The van der Waals surface area contributed by atoms with Crippen LogP contribution in [-0.4, -0.2) is 11.2 Å². The molecule has 2 atom stereocenters. The average Bonchev–Trinajstić information content (AvgIpc) is 2.26. The summed E-state index contributed by atoms with van der Waals surface area (Å²) in [6.45, 7) is 9.76. The van der Waals surface area contributed by atoms with Gasteiger partial charge in [0.1, 0.15) is 0 Å². The van der Waals surface area contributed by atoms with Crippen LogP contribution in [0, 0.1) is 5.92 Å². The topological polar surface area (TPSA) is 20.2 Å². The van der Waals surface area contributed by atoms with Crippen molar-refractivity contribution < 1.29 is 5.11 Å². The smallest absolute Gasteiger partial charge is 0.0753 e. The minimum Gasteiger partial charge on any atom is -0.389 e. The van der Waals surface area contributed by atoms with Crippen LogP contribution in [0.25, 0.3) is 0 Å². The van der Waals surface area contributed by atoms with Crippen LogP contribution in [0.15, 0.2) is 36.5 Å². The standard InChI is InChI=1S/C14H22O/c1-4-5-6-14(15)13-9-7-12(8-10-13)11(2)3/h4,9,12,14-15H,1-2,5-8,10H2,3H3. The van der Waals surface area contributed by atoms with E-state index in [-0.39, 0.29) is 6.10 Å². The van der Waals surface area contributed by atoms with Crippen molar-refractivity contribution in [1.82, 2.24) is 0 Å². The van der Waals surface area contributed by atoms with Gasteiger partial charge in [0.2, 0.25) is 0 Å². The van der Waals surface area contributed by atoms with Gasteiger partial charge in [0.25, 0.3) is 0 Å². The van der Waals surface area contributed by atoms with Crippen molar-refractivity contribution in [3.63, 3.8) is 0 Å². The largest absolute Gasteiger partial charge is 0.389 e. The maximum atomic E-state index is 9.89. The van der Waals surface area contributed by atoms with E-state index in [1.165, 1.54) is 11.1 Å². The molecule has 0 saturated heterocycles. The molecule has 0 saturated carbocycles. The molecule has 0 heterocycles. The summed E-state index contributed by atoms with van der Waals surface area (Å²) in [5.41, 5.74) is 2.49. The monoisotopic (exact) mass is 206 g/mol. The molecule has 0 radical (unpaired) electrons. The zero-order valence-corrected chi connectivity index (χ0v) is 9.71. The molecule has 1 aliphatic rings. The average molecular weight is 206 g/mol. The molecule has 0 aromatic rings. The molecule has 0 bridgehead atoms. The van der Waals surface area contributed by atoms with Crippen molar-refractivity contribution >= 4 is 0 Å². The maximum Gasteiger partial charge on any atom is 0.0753 e. The lowest BCUT2D eigenvalue weighted by atomic mass is 9.83. The van der Waals surface area contributed by atoms with E-state index in [0.29, 0.717) is 5.92 Å². The summed E-state index contributed by atoms with van der Waals surface area (Å²) in [6, 6.07) is 0. The van der Waals surface area contributed by atoms with Crippen LogP contribution in [0.2, 0.25) is 0 Å². The molecule has 0 aromatic heterocycles. The molecule has 0 fully saturated rings. The Morgan fingerprint density at radius 2 is 2.47 bits per heavy atom. The number of rotatable bonds is 5. The van der Waals surface area contributed by atoms with Crippen LogP contribution >= 0.6 is 0 Å². The molecule has 0 amide bonds. The van der Waals surface area contributed by atoms with E-state index in [1.807, 2.05) is 6.08 Å². The summed E-state index contributed by atoms with van der Waals surface area (Å²) in [7, 11) is 0. The Balaban J connectivity index is 2.45. The molecule has 1 heteroatoms.